The summed E-state index contributed by atoms with van der Waals surface area (Å²) >= 11 is 6.99. The van der Waals surface area contributed by atoms with Crippen molar-refractivity contribution >= 4 is 37.8 Å². The lowest BCUT2D eigenvalue weighted by Gasteiger charge is -2.25. The minimum atomic E-state index is 0.152. The molecule has 0 aromatic heterocycles. The Kier molecular flexibility index (Phi) is 4.49. The van der Waals surface area contributed by atoms with Gasteiger partial charge in [0, 0.05) is 28.0 Å². The summed E-state index contributed by atoms with van der Waals surface area (Å²) in [5.41, 5.74) is 1.89. The zero-order valence-corrected chi connectivity index (χ0v) is 13.8. The van der Waals surface area contributed by atoms with Crippen molar-refractivity contribution in [3.8, 4) is 0 Å². The number of aryl methyl sites for hydroxylation is 1. The molecule has 4 heteroatoms. The van der Waals surface area contributed by atoms with Gasteiger partial charge in [0.2, 0.25) is 0 Å². The highest BCUT2D eigenvalue weighted by Gasteiger charge is 2.33. The maximum absolute atomic E-state index is 12.5. The molecule has 0 spiro atoms. The molecule has 0 radical (unpaired) electrons. The number of nitrogens with zero attached hydrogens (tertiary/aromatic N) is 1. The van der Waals surface area contributed by atoms with E-state index >= 15 is 0 Å². The summed E-state index contributed by atoms with van der Waals surface area (Å²) in [4.78, 5) is 14.5. The van der Waals surface area contributed by atoms with Gasteiger partial charge in [0.25, 0.3) is 5.91 Å². The number of alkyl halides is 1. The smallest absolute Gasteiger partial charge is 0.254 e. The second-order valence-corrected chi connectivity index (χ2v) is 6.45. The molecule has 0 bridgehead atoms. The first kappa shape index (κ1) is 14.1. The summed E-state index contributed by atoms with van der Waals surface area (Å²) in [6.07, 6.45) is 1.09. The van der Waals surface area contributed by atoms with Gasteiger partial charge in [-0.25, -0.2) is 0 Å². The van der Waals surface area contributed by atoms with Gasteiger partial charge in [-0.15, -0.1) is 0 Å². The van der Waals surface area contributed by atoms with Crippen LogP contribution in [-0.2, 0) is 0 Å². The summed E-state index contributed by atoms with van der Waals surface area (Å²) in [7, 11) is 0. The number of carbonyl (C=O) groups is 1. The molecule has 2 nitrogen and oxygen atoms in total. The molecule has 1 aromatic carbocycles. The molecule has 0 aliphatic carbocycles. The molecule has 98 valence electrons. The van der Waals surface area contributed by atoms with Gasteiger partial charge < -0.3 is 4.90 Å². The molecule has 2 atom stereocenters. The summed E-state index contributed by atoms with van der Waals surface area (Å²) in [5.74, 6) is 0.726. The van der Waals surface area contributed by atoms with Crippen LogP contribution in [0.25, 0.3) is 0 Å². The van der Waals surface area contributed by atoms with Crippen molar-refractivity contribution in [2.45, 2.75) is 26.3 Å². The molecule has 1 amide bonds. The van der Waals surface area contributed by atoms with Crippen LogP contribution in [0.5, 0.6) is 0 Å². The minimum absolute atomic E-state index is 0.152. The number of likely N-dealkylation sites (tertiary alicyclic amines) is 1. The molecule has 1 aliphatic heterocycles. The van der Waals surface area contributed by atoms with Crippen LogP contribution >= 0.6 is 31.9 Å². The fraction of sp³-hybridized carbons (Fsp3) is 0.500. The van der Waals surface area contributed by atoms with E-state index < -0.39 is 0 Å². The molecule has 1 fully saturated rings. The fourth-order valence-electron chi connectivity index (χ4n) is 2.44. The van der Waals surface area contributed by atoms with Crippen LogP contribution in [0.15, 0.2) is 22.7 Å². The Morgan fingerprint density at radius 2 is 2.22 bits per heavy atom. The largest absolute Gasteiger partial charge is 0.335 e. The number of benzene rings is 1. The average Bonchev–Trinajstić information content (AvgIpc) is 2.73. The monoisotopic (exact) mass is 373 g/mol. The Balaban J connectivity index is 2.23. The van der Waals surface area contributed by atoms with E-state index in [1.165, 1.54) is 0 Å². The van der Waals surface area contributed by atoms with E-state index in [0.29, 0.717) is 12.0 Å². The van der Waals surface area contributed by atoms with Crippen LogP contribution in [0.1, 0.15) is 29.3 Å². The number of amides is 1. The minimum Gasteiger partial charge on any atom is -0.335 e. The predicted octanol–water partition coefficient (Wildman–Crippen LogP) is 4.00. The van der Waals surface area contributed by atoms with E-state index in [2.05, 4.69) is 38.8 Å². The van der Waals surface area contributed by atoms with E-state index in [4.69, 9.17) is 0 Å². The van der Waals surface area contributed by atoms with Crippen molar-refractivity contribution in [2.75, 3.05) is 11.9 Å². The predicted molar refractivity (Wildman–Crippen MR) is 81.3 cm³/mol. The van der Waals surface area contributed by atoms with Crippen LogP contribution in [0.3, 0.4) is 0 Å². The third-order valence-electron chi connectivity index (χ3n) is 3.71. The third-order valence-corrected chi connectivity index (χ3v) is 5.26. The van der Waals surface area contributed by atoms with Crippen LogP contribution in [-0.4, -0.2) is 28.7 Å². The highest BCUT2D eigenvalue weighted by Crippen LogP contribution is 2.27. The zero-order valence-electron chi connectivity index (χ0n) is 10.6. The van der Waals surface area contributed by atoms with E-state index in [1.54, 1.807) is 0 Å². The maximum atomic E-state index is 12.5. The van der Waals surface area contributed by atoms with Gasteiger partial charge in [0.1, 0.15) is 0 Å². The molecule has 1 aliphatic rings. The number of halogens is 2. The van der Waals surface area contributed by atoms with Gasteiger partial charge in [-0.2, -0.15) is 0 Å². The Morgan fingerprint density at radius 1 is 1.50 bits per heavy atom. The summed E-state index contributed by atoms with van der Waals surface area (Å²) < 4.78 is 1.05. The second kappa shape index (κ2) is 5.74. The first-order chi connectivity index (χ1) is 8.54. The van der Waals surface area contributed by atoms with Crippen molar-refractivity contribution in [3.63, 3.8) is 0 Å². The molecule has 1 aromatic rings. The van der Waals surface area contributed by atoms with Crippen molar-refractivity contribution in [1.82, 2.24) is 4.90 Å². The van der Waals surface area contributed by atoms with Gasteiger partial charge in [-0.1, -0.05) is 38.8 Å². The van der Waals surface area contributed by atoms with Crippen molar-refractivity contribution in [3.05, 3.63) is 33.8 Å². The van der Waals surface area contributed by atoms with E-state index in [0.717, 1.165) is 33.9 Å². The third kappa shape index (κ3) is 2.64. The summed E-state index contributed by atoms with van der Waals surface area (Å²) in [5, 5.41) is 0.857. The van der Waals surface area contributed by atoms with Gasteiger partial charge in [0.15, 0.2) is 0 Å². The van der Waals surface area contributed by atoms with Crippen LogP contribution in [0.2, 0.25) is 0 Å². The summed E-state index contributed by atoms with van der Waals surface area (Å²) in [6.45, 7) is 5.09. The molecule has 1 heterocycles. The highest BCUT2D eigenvalue weighted by molar-refractivity contribution is 9.10. The quantitative estimate of drug-likeness (QED) is 0.716. The first-order valence-corrected chi connectivity index (χ1v) is 8.09. The topological polar surface area (TPSA) is 20.3 Å². The fourth-order valence-corrected chi connectivity index (χ4v) is 3.67. The van der Waals surface area contributed by atoms with E-state index in [9.17, 15) is 4.79 Å². The zero-order chi connectivity index (χ0) is 13.3. The van der Waals surface area contributed by atoms with Crippen molar-refractivity contribution in [2.24, 2.45) is 5.92 Å². The number of hydrogen-bond acceptors (Lipinski definition) is 1. The van der Waals surface area contributed by atoms with Gasteiger partial charge >= 0.3 is 0 Å². The van der Waals surface area contributed by atoms with Crippen molar-refractivity contribution < 1.29 is 4.79 Å². The lowest BCUT2D eigenvalue weighted by molar-refractivity contribution is 0.0738. The Morgan fingerprint density at radius 3 is 2.83 bits per heavy atom. The number of rotatable bonds is 2. The second-order valence-electron chi connectivity index (χ2n) is 4.95. The molecular formula is C14H17Br2NO. The maximum Gasteiger partial charge on any atom is 0.254 e. The average molecular weight is 375 g/mol. The van der Waals surface area contributed by atoms with Gasteiger partial charge in [0.05, 0.1) is 0 Å². The lowest BCUT2D eigenvalue weighted by atomic mass is 10.0. The van der Waals surface area contributed by atoms with Crippen LogP contribution < -0.4 is 0 Å². The lowest BCUT2D eigenvalue weighted by Crippen LogP contribution is -2.38. The molecule has 18 heavy (non-hydrogen) atoms. The highest BCUT2D eigenvalue weighted by atomic mass is 79.9. The SMILES string of the molecule is Cc1cc(C(=O)N2CCC(C)C2CBr)ccc1Br. The molecule has 2 unspecified atom stereocenters. The van der Waals surface area contributed by atoms with E-state index in [1.807, 2.05) is 30.0 Å². The Hall–Kier alpha value is -0.350. The van der Waals surface area contributed by atoms with Crippen LogP contribution in [0, 0.1) is 12.8 Å². The molecule has 2 rings (SSSR count). The standard InChI is InChI=1S/C14H17Br2NO/c1-9-5-6-17(13(9)8-15)14(18)11-3-4-12(16)10(2)7-11/h3-4,7,9,13H,5-6,8H2,1-2H3. The molecule has 0 saturated carbocycles. The Labute approximate surface area is 125 Å². The number of hydrogen-bond donors (Lipinski definition) is 0. The molecule has 0 N–H and O–H groups in total. The Bertz CT molecular complexity index is 461. The van der Waals surface area contributed by atoms with Crippen molar-refractivity contribution in [1.29, 1.82) is 0 Å². The first-order valence-electron chi connectivity index (χ1n) is 6.17. The van der Waals surface area contributed by atoms with E-state index in [-0.39, 0.29) is 5.91 Å². The van der Waals surface area contributed by atoms with Gasteiger partial charge in [-0.05, 0) is 43.0 Å². The molecule has 1 saturated heterocycles. The normalized spacial score (nSPS) is 23.4. The van der Waals surface area contributed by atoms with Gasteiger partial charge in [-0.3, -0.25) is 4.79 Å². The number of carbonyl (C=O) groups excluding carboxylic acids is 1. The molecular weight excluding hydrogens is 358 g/mol. The summed E-state index contributed by atoms with van der Waals surface area (Å²) in [6, 6.07) is 6.13. The van der Waals surface area contributed by atoms with Crippen LogP contribution in [0.4, 0.5) is 0 Å².